The van der Waals surface area contributed by atoms with Crippen molar-refractivity contribution in [2.75, 3.05) is 11.9 Å². The van der Waals surface area contributed by atoms with Gasteiger partial charge >= 0.3 is 0 Å². The van der Waals surface area contributed by atoms with Gasteiger partial charge in [0, 0.05) is 12.1 Å². The molecule has 3 aromatic rings. The number of benzene rings is 2. The Morgan fingerprint density at radius 1 is 1.29 bits per heavy atom. The van der Waals surface area contributed by atoms with E-state index in [-0.39, 0.29) is 21.4 Å². The fourth-order valence-corrected chi connectivity index (χ4v) is 3.36. The molecule has 0 fully saturated rings. The monoisotopic (exact) mass is 420 g/mol. The molecule has 28 heavy (non-hydrogen) atoms. The molecule has 0 radical (unpaired) electrons. The van der Waals surface area contributed by atoms with E-state index in [0.29, 0.717) is 23.5 Å². The number of aromatic nitrogens is 2. The lowest BCUT2D eigenvalue weighted by atomic mass is 10.1. The molecule has 0 saturated heterocycles. The molecule has 0 atom stereocenters. The molecule has 8 nitrogen and oxygen atoms in total. The van der Waals surface area contributed by atoms with Crippen LogP contribution < -0.4 is 15.2 Å². The second-order valence-corrected chi connectivity index (χ2v) is 7.91. The topological polar surface area (TPSA) is 123 Å². The van der Waals surface area contributed by atoms with Crippen LogP contribution in [0.1, 0.15) is 19.8 Å². The quantitative estimate of drug-likeness (QED) is 0.371. The molecule has 10 heteroatoms. The average Bonchev–Trinajstić information content (AvgIpc) is 3.09. The van der Waals surface area contributed by atoms with Gasteiger partial charge < -0.3 is 14.5 Å². The molecule has 0 unspecified atom stereocenters. The Morgan fingerprint density at radius 3 is 2.64 bits per heavy atom. The summed E-state index contributed by atoms with van der Waals surface area (Å²) >= 11 is 4.90. The molecule has 4 N–H and O–H groups in total. The van der Waals surface area contributed by atoms with E-state index in [2.05, 4.69) is 22.4 Å². The maximum Gasteiger partial charge on any atom is 0.284 e. The standard InChI is InChI=1S/C18H20N4O4S2/c1-2-3-9-20-14-10-12(17-21-22-18(27)26-17)11-15(28(19,23)24)16(14)25-13-7-5-4-6-8-13/h4-8,10-11,20H,2-3,9H2,1H3,(H,22,27)(H2,19,23,24). The van der Waals surface area contributed by atoms with E-state index in [1.54, 1.807) is 30.3 Å². The maximum absolute atomic E-state index is 12.3. The number of hydrogen-bond acceptors (Lipinski definition) is 7. The molecule has 0 aliphatic carbocycles. The van der Waals surface area contributed by atoms with E-state index in [4.69, 9.17) is 26.5 Å². The van der Waals surface area contributed by atoms with Gasteiger partial charge in [-0.25, -0.2) is 18.7 Å². The summed E-state index contributed by atoms with van der Waals surface area (Å²) < 4.78 is 35.8. The van der Waals surface area contributed by atoms with Crippen LogP contribution in [0.3, 0.4) is 0 Å². The summed E-state index contributed by atoms with van der Waals surface area (Å²) in [4.78, 5) is -0.103. The molecular weight excluding hydrogens is 400 g/mol. The molecule has 1 aromatic heterocycles. The fraction of sp³-hybridized carbons (Fsp3) is 0.222. The first kappa shape index (κ1) is 20.1. The van der Waals surface area contributed by atoms with Crippen molar-refractivity contribution in [2.24, 2.45) is 5.14 Å². The van der Waals surface area contributed by atoms with Crippen LogP contribution in [-0.2, 0) is 10.0 Å². The SMILES string of the molecule is CCCCNc1cc(-c2n[nH]c(=S)o2)cc(S(N)(=O)=O)c1Oc1ccccc1. The Kier molecular flexibility index (Phi) is 6.12. The van der Waals surface area contributed by atoms with Crippen LogP contribution in [0.25, 0.3) is 11.5 Å². The van der Waals surface area contributed by atoms with Crippen LogP contribution in [0.2, 0.25) is 0 Å². The Labute approximate surface area is 167 Å². The van der Waals surface area contributed by atoms with Crippen LogP contribution in [0.5, 0.6) is 11.5 Å². The summed E-state index contributed by atoms with van der Waals surface area (Å²) in [6.07, 6.45) is 1.86. The van der Waals surface area contributed by atoms with Gasteiger partial charge in [-0.1, -0.05) is 31.5 Å². The Balaban J connectivity index is 2.17. The third kappa shape index (κ3) is 4.77. The molecule has 148 valence electrons. The number of unbranched alkanes of at least 4 members (excludes halogenated alkanes) is 1. The second kappa shape index (κ2) is 8.55. The second-order valence-electron chi connectivity index (χ2n) is 6.01. The molecule has 0 saturated carbocycles. The van der Waals surface area contributed by atoms with Gasteiger partial charge in [0.05, 0.1) is 5.69 Å². The van der Waals surface area contributed by atoms with E-state index in [0.717, 1.165) is 12.8 Å². The highest BCUT2D eigenvalue weighted by Gasteiger charge is 2.23. The van der Waals surface area contributed by atoms with Crippen molar-refractivity contribution in [3.8, 4) is 23.0 Å². The fourth-order valence-electron chi connectivity index (χ4n) is 2.53. The number of nitrogens with one attached hydrogen (secondary N) is 2. The highest BCUT2D eigenvalue weighted by molar-refractivity contribution is 7.89. The molecule has 0 aliphatic rings. The number of sulfonamides is 1. The van der Waals surface area contributed by atoms with E-state index < -0.39 is 10.0 Å². The number of anilines is 1. The van der Waals surface area contributed by atoms with Crippen molar-refractivity contribution in [3.05, 3.63) is 47.3 Å². The lowest BCUT2D eigenvalue weighted by molar-refractivity contribution is 0.469. The van der Waals surface area contributed by atoms with Crippen molar-refractivity contribution >= 4 is 27.9 Å². The highest BCUT2D eigenvalue weighted by Crippen LogP contribution is 2.39. The number of nitrogens with two attached hydrogens (primary N) is 1. The first-order valence-electron chi connectivity index (χ1n) is 8.62. The predicted molar refractivity (Wildman–Crippen MR) is 108 cm³/mol. The molecule has 0 aliphatic heterocycles. The summed E-state index contributed by atoms with van der Waals surface area (Å²) in [5.74, 6) is 0.749. The van der Waals surface area contributed by atoms with Gasteiger partial charge in [-0.3, -0.25) is 0 Å². The zero-order valence-electron chi connectivity index (χ0n) is 15.1. The van der Waals surface area contributed by atoms with Gasteiger partial charge in [0.2, 0.25) is 15.9 Å². The highest BCUT2D eigenvalue weighted by atomic mass is 32.2. The number of primary sulfonamides is 1. The Hall–Kier alpha value is -2.69. The van der Waals surface area contributed by atoms with Gasteiger partial charge in [0.15, 0.2) is 5.75 Å². The number of ether oxygens (including phenoxy) is 1. The van der Waals surface area contributed by atoms with E-state index in [1.807, 2.05) is 6.07 Å². The van der Waals surface area contributed by atoms with Crippen LogP contribution in [-0.4, -0.2) is 25.2 Å². The third-order valence-electron chi connectivity index (χ3n) is 3.86. The zero-order chi connectivity index (χ0) is 20.1. The van der Waals surface area contributed by atoms with E-state index in [1.165, 1.54) is 6.07 Å². The van der Waals surface area contributed by atoms with E-state index in [9.17, 15) is 8.42 Å². The van der Waals surface area contributed by atoms with E-state index >= 15 is 0 Å². The zero-order valence-corrected chi connectivity index (χ0v) is 16.8. The maximum atomic E-state index is 12.3. The minimum Gasteiger partial charge on any atom is -0.454 e. The van der Waals surface area contributed by atoms with Gasteiger partial charge in [0.1, 0.15) is 10.6 Å². The van der Waals surface area contributed by atoms with Crippen LogP contribution in [0.15, 0.2) is 51.8 Å². The lowest BCUT2D eigenvalue weighted by Gasteiger charge is -2.17. The third-order valence-corrected chi connectivity index (χ3v) is 4.95. The summed E-state index contributed by atoms with van der Waals surface area (Å²) in [6, 6.07) is 11.9. The number of nitrogens with zero attached hydrogens (tertiary/aromatic N) is 1. The minimum absolute atomic E-state index is 0.0808. The van der Waals surface area contributed by atoms with Gasteiger partial charge in [0.25, 0.3) is 4.84 Å². The largest absolute Gasteiger partial charge is 0.454 e. The molecule has 0 bridgehead atoms. The van der Waals surface area contributed by atoms with Crippen LogP contribution in [0, 0.1) is 4.84 Å². The van der Waals surface area contributed by atoms with Crippen molar-refractivity contribution in [3.63, 3.8) is 0 Å². The number of H-pyrrole nitrogens is 1. The van der Waals surface area contributed by atoms with Crippen molar-refractivity contribution in [1.82, 2.24) is 10.2 Å². The van der Waals surface area contributed by atoms with Gasteiger partial charge in [-0.15, -0.1) is 5.10 Å². The molecule has 3 rings (SSSR count). The minimum atomic E-state index is -4.10. The first-order valence-corrected chi connectivity index (χ1v) is 10.6. The molecular formula is C18H20N4O4S2. The summed E-state index contributed by atoms with van der Waals surface area (Å²) in [6.45, 7) is 2.68. The number of hydrogen-bond donors (Lipinski definition) is 3. The normalized spacial score (nSPS) is 11.4. The molecule has 2 aromatic carbocycles. The summed E-state index contributed by atoms with van der Waals surface area (Å²) in [7, 11) is -4.10. The lowest BCUT2D eigenvalue weighted by Crippen LogP contribution is -2.15. The summed E-state index contributed by atoms with van der Waals surface area (Å²) in [5, 5.41) is 15.2. The van der Waals surface area contributed by atoms with Gasteiger partial charge in [-0.05, 0) is 42.9 Å². The number of aromatic amines is 1. The van der Waals surface area contributed by atoms with Gasteiger partial charge in [-0.2, -0.15) is 0 Å². The number of rotatable bonds is 8. The van der Waals surface area contributed by atoms with Crippen molar-refractivity contribution < 1.29 is 17.6 Å². The average molecular weight is 421 g/mol. The molecule has 1 heterocycles. The summed E-state index contributed by atoms with van der Waals surface area (Å²) in [5.41, 5.74) is 0.860. The smallest absolute Gasteiger partial charge is 0.284 e. The van der Waals surface area contributed by atoms with Crippen LogP contribution >= 0.6 is 12.2 Å². The number of para-hydroxylation sites is 1. The molecule has 0 amide bonds. The van der Waals surface area contributed by atoms with Crippen molar-refractivity contribution in [2.45, 2.75) is 24.7 Å². The predicted octanol–water partition coefficient (Wildman–Crippen LogP) is 4.05. The molecule has 0 spiro atoms. The van der Waals surface area contributed by atoms with Crippen molar-refractivity contribution in [1.29, 1.82) is 0 Å². The van der Waals surface area contributed by atoms with Crippen LogP contribution in [0.4, 0.5) is 5.69 Å². The first-order chi connectivity index (χ1) is 13.4. The Morgan fingerprint density at radius 2 is 2.04 bits per heavy atom. The Bertz CT molecular complexity index is 1110.